The second-order valence-electron chi connectivity index (χ2n) is 5.73. The van der Waals surface area contributed by atoms with E-state index in [1.807, 2.05) is 6.07 Å². The van der Waals surface area contributed by atoms with Crippen LogP contribution in [-0.4, -0.2) is 25.9 Å². The van der Waals surface area contributed by atoms with Gasteiger partial charge in [0.2, 0.25) is 15.5 Å². The van der Waals surface area contributed by atoms with Crippen molar-refractivity contribution in [1.82, 2.24) is 10.6 Å². The monoisotopic (exact) mass is 478 g/mol. The number of carbonyl (C=O) groups is 1. The van der Waals surface area contributed by atoms with Gasteiger partial charge in [-0.2, -0.15) is 4.39 Å². The highest BCUT2D eigenvalue weighted by Gasteiger charge is 2.34. The summed E-state index contributed by atoms with van der Waals surface area (Å²) in [5.74, 6) is -1.42. The second-order valence-corrected chi connectivity index (χ2v) is 8.50. The zero-order chi connectivity index (χ0) is 21.6. The molecule has 1 amide bonds. The lowest BCUT2D eigenvalue weighted by Gasteiger charge is -2.27. The SMILES string of the molecule is O=C(Cc1ccccc1)NC(NC(=S)Nc1ccc(F)c([N+](=O)[O-])c1)C(Cl)(Cl)Cl. The summed E-state index contributed by atoms with van der Waals surface area (Å²) in [6.07, 6.45) is -1.16. The quantitative estimate of drug-likeness (QED) is 0.190. The first-order valence-electron chi connectivity index (χ1n) is 7.97. The zero-order valence-electron chi connectivity index (χ0n) is 14.5. The summed E-state index contributed by atoms with van der Waals surface area (Å²) in [5.41, 5.74) is 0.161. The first kappa shape index (κ1) is 23.1. The Labute approximate surface area is 185 Å². The van der Waals surface area contributed by atoms with Crippen molar-refractivity contribution in [3.63, 3.8) is 0 Å². The molecule has 7 nitrogen and oxygen atoms in total. The van der Waals surface area contributed by atoms with Gasteiger partial charge in [-0.25, -0.2) is 0 Å². The van der Waals surface area contributed by atoms with Crippen molar-refractivity contribution in [3.8, 4) is 0 Å². The number of alkyl halides is 3. The predicted molar refractivity (Wildman–Crippen MR) is 115 cm³/mol. The molecular formula is C17H14Cl3FN4O3S. The van der Waals surface area contributed by atoms with Crippen LogP contribution in [0, 0.1) is 15.9 Å². The number of nitrogens with one attached hydrogen (secondary N) is 3. The fourth-order valence-electron chi connectivity index (χ4n) is 2.22. The highest BCUT2D eigenvalue weighted by Crippen LogP contribution is 2.29. The average molecular weight is 480 g/mol. The van der Waals surface area contributed by atoms with E-state index in [4.69, 9.17) is 47.0 Å². The summed E-state index contributed by atoms with van der Waals surface area (Å²) >= 11 is 22.8. The molecule has 3 N–H and O–H groups in total. The van der Waals surface area contributed by atoms with Gasteiger partial charge in [-0.15, -0.1) is 0 Å². The van der Waals surface area contributed by atoms with Crippen LogP contribution >= 0.6 is 47.0 Å². The molecule has 0 spiro atoms. The van der Waals surface area contributed by atoms with Crippen LogP contribution in [0.25, 0.3) is 0 Å². The summed E-state index contributed by atoms with van der Waals surface area (Å²) in [6, 6.07) is 12.0. The molecule has 0 aliphatic heterocycles. The van der Waals surface area contributed by atoms with Crippen LogP contribution in [0.1, 0.15) is 5.56 Å². The van der Waals surface area contributed by atoms with Crippen molar-refractivity contribution < 1.29 is 14.1 Å². The molecular weight excluding hydrogens is 466 g/mol. The van der Waals surface area contributed by atoms with E-state index < -0.39 is 32.3 Å². The van der Waals surface area contributed by atoms with Crippen LogP contribution in [0.4, 0.5) is 15.8 Å². The lowest BCUT2D eigenvalue weighted by molar-refractivity contribution is -0.387. The Morgan fingerprint density at radius 1 is 1.17 bits per heavy atom. The Balaban J connectivity index is 2.04. The number of benzene rings is 2. The largest absolute Gasteiger partial charge is 0.339 e. The van der Waals surface area contributed by atoms with E-state index in [9.17, 15) is 19.3 Å². The summed E-state index contributed by atoms with van der Waals surface area (Å²) in [4.78, 5) is 22.2. The van der Waals surface area contributed by atoms with Crippen molar-refractivity contribution in [2.45, 2.75) is 16.4 Å². The van der Waals surface area contributed by atoms with Gasteiger partial charge in [0.25, 0.3) is 0 Å². The molecule has 154 valence electrons. The minimum Gasteiger partial charge on any atom is -0.339 e. The van der Waals surface area contributed by atoms with Crippen molar-refractivity contribution in [2.24, 2.45) is 0 Å². The Bertz CT molecular complexity index is 913. The molecule has 12 heteroatoms. The van der Waals surface area contributed by atoms with Gasteiger partial charge in [0.1, 0.15) is 6.17 Å². The number of nitro groups is 1. The number of nitro benzene ring substituents is 1. The fraction of sp³-hybridized carbons (Fsp3) is 0.176. The molecule has 2 aromatic carbocycles. The first-order valence-corrected chi connectivity index (χ1v) is 9.52. The summed E-state index contributed by atoms with van der Waals surface area (Å²) in [5, 5.41) is 18.5. The van der Waals surface area contributed by atoms with E-state index in [0.717, 1.165) is 17.7 Å². The number of halogens is 4. The number of rotatable bonds is 6. The molecule has 2 aromatic rings. The minimum absolute atomic E-state index is 0.0457. The van der Waals surface area contributed by atoms with Crippen LogP contribution in [-0.2, 0) is 11.2 Å². The van der Waals surface area contributed by atoms with Crippen LogP contribution in [0.5, 0.6) is 0 Å². The van der Waals surface area contributed by atoms with E-state index in [-0.39, 0.29) is 17.2 Å². The van der Waals surface area contributed by atoms with Gasteiger partial charge in [0, 0.05) is 11.8 Å². The lowest BCUT2D eigenvalue weighted by atomic mass is 10.1. The Hall–Kier alpha value is -2.20. The maximum absolute atomic E-state index is 13.4. The average Bonchev–Trinajstić information content (AvgIpc) is 2.62. The van der Waals surface area contributed by atoms with Crippen LogP contribution in [0.3, 0.4) is 0 Å². The smallest absolute Gasteiger partial charge is 0.306 e. The first-order chi connectivity index (χ1) is 13.6. The lowest BCUT2D eigenvalue weighted by Crippen LogP contribution is -2.56. The van der Waals surface area contributed by atoms with Crippen LogP contribution < -0.4 is 16.0 Å². The van der Waals surface area contributed by atoms with Gasteiger partial charge in [-0.05, 0) is 29.9 Å². The summed E-state index contributed by atoms with van der Waals surface area (Å²) < 4.78 is 11.5. The molecule has 0 fully saturated rings. The van der Waals surface area contributed by atoms with E-state index in [0.29, 0.717) is 0 Å². The molecule has 29 heavy (non-hydrogen) atoms. The molecule has 0 aromatic heterocycles. The molecule has 0 bridgehead atoms. The maximum Gasteiger partial charge on any atom is 0.306 e. The molecule has 0 heterocycles. The topological polar surface area (TPSA) is 96.3 Å². The summed E-state index contributed by atoms with van der Waals surface area (Å²) in [7, 11) is 0. The van der Waals surface area contributed by atoms with Gasteiger partial charge >= 0.3 is 5.69 Å². The van der Waals surface area contributed by atoms with E-state index in [2.05, 4.69) is 16.0 Å². The number of nitrogens with zero attached hydrogens (tertiary/aromatic N) is 1. The Kier molecular flexibility index (Phi) is 7.97. The van der Waals surface area contributed by atoms with E-state index in [1.165, 1.54) is 6.07 Å². The van der Waals surface area contributed by atoms with Crippen molar-refractivity contribution in [1.29, 1.82) is 0 Å². The molecule has 2 rings (SSSR count). The predicted octanol–water partition coefficient (Wildman–Crippen LogP) is 4.08. The van der Waals surface area contributed by atoms with Crippen LogP contribution in [0.2, 0.25) is 0 Å². The molecule has 0 saturated heterocycles. The van der Waals surface area contributed by atoms with E-state index >= 15 is 0 Å². The number of thiocarbonyl (C=S) groups is 1. The molecule has 0 radical (unpaired) electrons. The van der Waals surface area contributed by atoms with Gasteiger partial charge in [-0.3, -0.25) is 14.9 Å². The maximum atomic E-state index is 13.4. The summed E-state index contributed by atoms with van der Waals surface area (Å²) in [6.45, 7) is 0. The van der Waals surface area contributed by atoms with E-state index in [1.54, 1.807) is 24.3 Å². The third-order valence-electron chi connectivity index (χ3n) is 3.52. The number of hydrogen-bond donors (Lipinski definition) is 3. The molecule has 0 saturated carbocycles. The zero-order valence-corrected chi connectivity index (χ0v) is 17.6. The fourth-order valence-corrected chi connectivity index (χ4v) is 2.78. The highest BCUT2D eigenvalue weighted by atomic mass is 35.6. The molecule has 0 aliphatic rings. The number of anilines is 1. The van der Waals surface area contributed by atoms with Crippen molar-refractivity contribution >= 4 is 69.4 Å². The van der Waals surface area contributed by atoms with Gasteiger partial charge in [0.05, 0.1) is 11.3 Å². The molecule has 1 unspecified atom stereocenters. The molecule has 0 aliphatic carbocycles. The molecule has 1 atom stereocenters. The number of hydrogen-bond acceptors (Lipinski definition) is 4. The van der Waals surface area contributed by atoms with Crippen LogP contribution in [0.15, 0.2) is 48.5 Å². The van der Waals surface area contributed by atoms with Crippen molar-refractivity contribution in [3.05, 3.63) is 70.0 Å². The Morgan fingerprint density at radius 2 is 1.83 bits per heavy atom. The van der Waals surface area contributed by atoms with Gasteiger partial charge < -0.3 is 16.0 Å². The van der Waals surface area contributed by atoms with Crippen molar-refractivity contribution in [2.75, 3.05) is 5.32 Å². The van der Waals surface area contributed by atoms with Gasteiger partial charge in [0.15, 0.2) is 5.11 Å². The van der Waals surface area contributed by atoms with Gasteiger partial charge in [-0.1, -0.05) is 65.1 Å². The minimum atomic E-state index is -1.97. The third kappa shape index (κ3) is 7.28. The third-order valence-corrected chi connectivity index (χ3v) is 4.39. The highest BCUT2D eigenvalue weighted by molar-refractivity contribution is 7.80. The number of carbonyl (C=O) groups excluding carboxylic acids is 1. The standard InChI is InChI=1S/C17H14Cl3FN4O3S/c18-17(19,20)15(23-14(26)8-10-4-2-1-3-5-10)24-16(29)22-11-6-7-12(21)13(9-11)25(27)28/h1-7,9,15H,8H2,(H,23,26)(H2,22,24,29). The Morgan fingerprint density at radius 3 is 2.41 bits per heavy atom. The normalized spacial score (nSPS) is 12.0. The number of amides is 1. The second kappa shape index (κ2) is 10.0.